The average molecular weight is 354 g/mol. The molecule has 2 aromatic carbocycles. The minimum absolute atomic E-state index is 0.711. The van der Waals surface area contributed by atoms with Gasteiger partial charge in [0.2, 0.25) is 0 Å². The number of nitrogens with zero attached hydrogens (tertiary/aromatic N) is 1. The van der Waals surface area contributed by atoms with Crippen molar-refractivity contribution < 1.29 is 4.74 Å². The Balaban J connectivity index is 1.46. The summed E-state index contributed by atoms with van der Waals surface area (Å²) in [6.45, 7) is 9.54. The van der Waals surface area contributed by atoms with Crippen LogP contribution >= 0.6 is 0 Å². The first-order chi connectivity index (χ1) is 12.7. The van der Waals surface area contributed by atoms with E-state index in [9.17, 15) is 0 Å². The zero-order valence-corrected chi connectivity index (χ0v) is 15.9. The molecule has 0 aromatic heterocycles. The van der Waals surface area contributed by atoms with Gasteiger partial charge in [0.25, 0.3) is 0 Å². The molecule has 1 heterocycles. The highest BCUT2D eigenvalue weighted by Gasteiger charge is 2.21. The fourth-order valence-electron chi connectivity index (χ4n) is 3.81. The number of para-hydroxylation sites is 2. The van der Waals surface area contributed by atoms with Gasteiger partial charge in [0.05, 0.1) is 0 Å². The van der Waals surface area contributed by atoms with Gasteiger partial charge in [0, 0.05) is 37.4 Å². The summed E-state index contributed by atoms with van der Waals surface area (Å²) >= 11 is 0. The van der Waals surface area contributed by atoms with Crippen LogP contribution in [0.3, 0.4) is 0 Å². The molecule has 2 atom stereocenters. The first-order valence-corrected chi connectivity index (χ1v) is 9.67. The van der Waals surface area contributed by atoms with E-state index in [1.54, 1.807) is 0 Å². The van der Waals surface area contributed by atoms with Gasteiger partial charge >= 0.3 is 0 Å². The number of benzene rings is 2. The van der Waals surface area contributed by atoms with Gasteiger partial charge in [-0.1, -0.05) is 50.2 Å². The van der Waals surface area contributed by atoms with Crippen molar-refractivity contribution in [3.05, 3.63) is 60.2 Å². The van der Waals surface area contributed by atoms with Crippen molar-refractivity contribution >= 4 is 5.69 Å². The summed E-state index contributed by atoms with van der Waals surface area (Å²) < 4.78 is 6.10. The van der Waals surface area contributed by atoms with E-state index in [0.717, 1.165) is 42.0 Å². The van der Waals surface area contributed by atoms with Crippen molar-refractivity contribution in [3.63, 3.8) is 0 Å². The minimum Gasteiger partial charge on any atom is -0.492 e. The van der Waals surface area contributed by atoms with E-state index in [2.05, 4.69) is 47.8 Å². The zero-order chi connectivity index (χ0) is 18.2. The molecule has 0 aliphatic carbocycles. The van der Waals surface area contributed by atoms with Crippen molar-refractivity contribution in [3.8, 4) is 5.75 Å². The van der Waals surface area contributed by atoms with Crippen LogP contribution in [-0.2, 0) is 6.54 Å². The van der Waals surface area contributed by atoms with Gasteiger partial charge in [-0.15, -0.1) is 0 Å². The molecule has 1 aliphatic rings. The van der Waals surface area contributed by atoms with Crippen LogP contribution in [0.2, 0.25) is 0 Å². The zero-order valence-electron chi connectivity index (χ0n) is 15.9. The lowest BCUT2D eigenvalue weighted by molar-refractivity contribution is 0.120. The van der Waals surface area contributed by atoms with E-state index < -0.39 is 0 Å². The Hall–Kier alpha value is -2.04. The van der Waals surface area contributed by atoms with Crippen molar-refractivity contribution in [1.82, 2.24) is 10.3 Å². The van der Waals surface area contributed by atoms with Gasteiger partial charge < -0.3 is 10.2 Å². The highest BCUT2D eigenvalue weighted by atomic mass is 16.5. The summed E-state index contributed by atoms with van der Waals surface area (Å²) in [5, 5.41) is 0. The topological polar surface area (TPSA) is 36.5 Å². The van der Waals surface area contributed by atoms with Gasteiger partial charge in [-0.05, 0) is 36.5 Å². The van der Waals surface area contributed by atoms with Crippen LogP contribution in [-0.4, -0.2) is 31.1 Å². The number of rotatable bonds is 8. The summed E-state index contributed by atoms with van der Waals surface area (Å²) in [4.78, 5) is 2.54. The summed E-state index contributed by atoms with van der Waals surface area (Å²) in [6.07, 6.45) is 1.35. The summed E-state index contributed by atoms with van der Waals surface area (Å²) in [5.74, 6) is 2.55. The fraction of sp³-hybridized carbons (Fsp3) is 0.455. The molecule has 4 heteroatoms. The third-order valence-corrected chi connectivity index (χ3v) is 4.87. The standard InChI is InChI=1S/C22H31N3O/c1-18-14-19(2)17-25(16-18)12-13-26-22-11-7-6-8-20(22)15-23-24-21-9-4-3-5-10-21/h3-11,18-19,23-24H,12-17H2,1-2H3. The number of likely N-dealkylation sites (tertiary alicyclic amines) is 1. The number of ether oxygens (including phenoxy) is 1. The van der Waals surface area contributed by atoms with Gasteiger partial charge in [-0.2, -0.15) is 0 Å². The SMILES string of the molecule is CC1CC(C)CN(CCOc2ccccc2CNNc2ccccc2)C1. The summed E-state index contributed by atoms with van der Waals surface area (Å²) in [7, 11) is 0. The smallest absolute Gasteiger partial charge is 0.123 e. The quantitative estimate of drug-likeness (QED) is 0.699. The molecule has 0 radical (unpaired) electrons. The van der Waals surface area contributed by atoms with Crippen LogP contribution < -0.4 is 15.6 Å². The Labute approximate surface area is 157 Å². The summed E-state index contributed by atoms with van der Waals surface area (Å²) in [5.41, 5.74) is 8.71. The molecule has 2 unspecified atom stereocenters. The average Bonchev–Trinajstić information content (AvgIpc) is 2.63. The highest BCUT2D eigenvalue weighted by Crippen LogP contribution is 2.21. The Bertz CT molecular complexity index is 651. The van der Waals surface area contributed by atoms with E-state index >= 15 is 0 Å². The second-order valence-corrected chi connectivity index (χ2v) is 7.51. The number of hydrogen-bond donors (Lipinski definition) is 2. The Morgan fingerprint density at radius 1 is 0.962 bits per heavy atom. The maximum atomic E-state index is 6.10. The maximum Gasteiger partial charge on any atom is 0.123 e. The molecule has 2 aromatic rings. The molecular formula is C22H31N3O. The number of piperidine rings is 1. The van der Waals surface area contributed by atoms with E-state index in [4.69, 9.17) is 4.74 Å². The van der Waals surface area contributed by atoms with Crippen LogP contribution in [0.5, 0.6) is 5.75 Å². The molecule has 0 saturated carbocycles. The molecule has 3 rings (SSSR count). The van der Waals surface area contributed by atoms with E-state index in [1.165, 1.54) is 19.5 Å². The molecule has 1 aliphatic heterocycles. The number of nitrogens with one attached hydrogen (secondary N) is 2. The van der Waals surface area contributed by atoms with Gasteiger partial charge in [-0.25, -0.2) is 5.43 Å². The lowest BCUT2D eigenvalue weighted by Crippen LogP contribution is -2.40. The molecule has 0 bridgehead atoms. The largest absolute Gasteiger partial charge is 0.492 e. The molecule has 140 valence electrons. The number of hydrogen-bond acceptors (Lipinski definition) is 4. The van der Waals surface area contributed by atoms with Gasteiger partial charge in [0.1, 0.15) is 12.4 Å². The first-order valence-electron chi connectivity index (χ1n) is 9.67. The van der Waals surface area contributed by atoms with Crippen LogP contribution in [0.25, 0.3) is 0 Å². The first kappa shape index (κ1) is 18.7. The third kappa shape index (κ3) is 5.75. The van der Waals surface area contributed by atoms with Crippen LogP contribution in [0.15, 0.2) is 54.6 Å². The summed E-state index contributed by atoms with van der Waals surface area (Å²) in [6, 6.07) is 18.4. The van der Waals surface area contributed by atoms with Crippen molar-refractivity contribution in [2.75, 3.05) is 31.7 Å². The van der Waals surface area contributed by atoms with Gasteiger partial charge in [0.15, 0.2) is 0 Å². The monoisotopic (exact) mass is 353 g/mol. The Morgan fingerprint density at radius 2 is 1.65 bits per heavy atom. The van der Waals surface area contributed by atoms with Crippen molar-refractivity contribution in [2.24, 2.45) is 11.8 Å². The third-order valence-electron chi connectivity index (χ3n) is 4.87. The molecule has 1 fully saturated rings. The molecule has 0 spiro atoms. The lowest BCUT2D eigenvalue weighted by atomic mass is 9.92. The van der Waals surface area contributed by atoms with Gasteiger partial charge in [-0.3, -0.25) is 4.90 Å². The molecule has 1 saturated heterocycles. The number of anilines is 1. The number of hydrazine groups is 1. The lowest BCUT2D eigenvalue weighted by Gasteiger charge is -2.34. The second kappa shape index (κ2) is 9.60. The van der Waals surface area contributed by atoms with Crippen molar-refractivity contribution in [2.45, 2.75) is 26.8 Å². The predicted molar refractivity (Wildman–Crippen MR) is 108 cm³/mol. The van der Waals surface area contributed by atoms with Crippen LogP contribution in [0.1, 0.15) is 25.8 Å². The maximum absolute atomic E-state index is 6.10. The van der Waals surface area contributed by atoms with Crippen LogP contribution in [0.4, 0.5) is 5.69 Å². The predicted octanol–water partition coefficient (Wildman–Crippen LogP) is 4.16. The molecule has 2 N–H and O–H groups in total. The molecule has 4 nitrogen and oxygen atoms in total. The fourth-order valence-corrected chi connectivity index (χ4v) is 3.81. The van der Waals surface area contributed by atoms with E-state index in [0.29, 0.717) is 6.54 Å². The molecular weight excluding hydrogens is 322 g/mol. The van der Waals surface area contributed by atoms with Crippen LogP contribution in [0, 0.1) is 11.8 Å². The Kier molecular flexibility index (Phi) is 6.92. The molecule has 26 heavy (non-hydrogen) atoms. The molecule has 0 amide bonds. The highest BCUT2D eigenvalue weighted by molar-refractivity contribution is 5.41. The van der Waals surface area contributed by atoms with Crippen molar-refractivity contribution in [1.29, 1.82) is 0 Å². The minimum atomic E-state index is 0.711. The second-order valence-electron chi connectivity index (χ2n) is 7.51. The van der Waals surface area contributed by atoms with E-state index in [1.807, 2.05) is 36.4 Å². The van der Waals surface area contributed by atoms with E-state index in [-0.39, 0.29) is 0 Å². The Morgan fingerprint density at radius 3 is 2.42 bits per heavy atom. The normalized spacial score (nSPS) is 20.7.